The molecule has 6 nitrogen and oxygen atoms in total. The van der Waals surface area contributed by atoms with Gasteiger partial charge in [-0.3, -0.25) is 4.79 Å². The first-order chi connectivity index (χ1) is 13.1. The van der Waals surface area contributed by atoms with Crippen LogP contribution in [0.1, 0.15) is 16.1 Å². The molecule has 0 radical (unpaired) electrons. The molecule has 0 aliphatic carbocycles. The summed E-state index contributed by atoms with van der Waals surface area (Å²) < 4.78 is 12.3. The first kappa shape index (κ1) is 18.5. The maximum atomic E-state index is 12.3. The van der Waals surface area contributed by atoms with Gasteiger partial charge in [0.2, 0.25) is 0 Å². The molecule has 3 aromatic rings. The second kappa shape index (κ2) is 8.42. The molecule has 7 heteroatoms. The van der Waals surface area contributed by atoms with Gasteiger partial charge in [-0.25, -0.2) is 5.43 Å². The number of halogens is 1. The summed E-state index contributed by atoms with van der Waals surface area (Å²) in [6, 6.07) is 16.1. The van der Waals surface area contributed by atoms with Gasteiger partial charge in [0.15, 0.2) is 0 Å². The highest BCUT2D eigenvalue weighted by atomic mass is 35.5. The molecule has 0 bridgehead atoms. The molecule has 1 N–H and O–H groups in total. The molecular weight excluding hydrogens is 366 g/mol. The Bertz CT molecular complexity index is 943. The van der Waals surface area contributed by atoms with Crippen molar-refractivity contribution >= 4 is 23.7 Å². The minimum Gasteiger partial charge on any atom is -0.497 e. The molecule has 0 aliphatic heterocycles. The predicted octanol–water partition coefficient (Wildman–Crippen LogP) is 3.91. The molecular formula is C20H18ClN3O3. The minimum absolute atomic E-state index is 0.368. The summed E-state index contributed by atoms with van der Waals surface area (Å²) in [5.41, 5.74) is 4.64. The monoisotopic (exact) mass is 383 g/mol. The molecule has 2 aromatic carbocycles. The molecule has 1 aromatic heterocycles. The Balaban J connectivity index is 1.74. The number of nitrogens with zero attached hydrogens (tertiary/aromatic N) is 2. The van der Waals surface area contributed by atoms with Gasteiger partial charge in [0.05, 0.1) is 26.1 Å². The molecule has 138 valence electrons. The molecule has 0 aliphatic rings. The van der Waals surface area contributed by atoms with Gasteiger partial charge in [-0.2, -0.15) is 5.10 Å². The van der Waals surface area contributed by atoms with Crippen molar-refractivity contribution in [3.8, 4) is 17.2 Å². The van der Waals surface area contributed by atoms with Crippen molar-refractivity contribution < 1.29 is 14.3 Å². The third-order valence-electron chi connectivity index (χ3n) is 3.86. The Hall–Kier alpha value is -3.25. The molecule has 1 amide bonds. The molecule has 0 spiro atoms. The van der Waals surface area contributed by atoms with Gasteiger partial charge in [-0.15, -0.1) is 0 Å². The van der Waals surface area contributed by atoms with Gasteiger partial charge in [-0.1, -0.05) is 11.6 Å². The van der Waals surface area contributed by atoms with Crippen molar-refractivity contribution in [3.05, 3.63) is 77.1 Å². The number of hydrogen-bond donors (Lipinski definition) is 1. The van der Waals surface area contributed by atoms with Crippen LogP contribution in [0.2, 0.25) is 5.02 Å². The summed E-state index contributed by atoms with van der Waals surface area (Å²) in [4.78, 5) is 12.3. The van der Waals surface area contributed by atoms with E-state index in [1.807, 2.05) is 47.2 Å². The minimum atomic E-state index is -0.368. The van der Waals surface area contributed by atoms with Crippen LogP contribution >= 0.6 is 11.6 Å². The first-order valence-corrected chi connectivity index (χ1v) is 8.48. The molecule has 0 fully saturated rings. The number of methoxy groups -OCH3 is 2. The Morgan fingerprint density at radius 2 is 1.74 bits per heavy atom. The lowest BCUT2D eigenvalue weighted by molar-refractivity contribution is 0.0954. The van der Waals surface area contributed by atoms with Gasteiger partial charge in [0, 0.05) is 28.5 Å². The van der Waals surface area contributed by atoms with Crippen LogP contribution in [-0.2, 0) is 0 Å². The van der Waals surface area contributed by atoms with Crippen LogP contribution in [0.25, 0.3) is 5.69 Å². The van der Waals surface area contributed by atoms with Gasteiger partial charge in [-0.05, 0) is 48.5 Å². The average Bonchev–Trinajstić information content (AvgIpc) is 3.16. The molecule has 27 heavy (non-hydrogen) atoms. The van der Waals surface area contributed by atoms with Gasteiger partial charge >= 0.3 is 0 Å². The Morgan fingerprint density at radius 3 is 2.37 bits per heavy atom. The van der Waals surface area contributed by atoms with Crippen molar-refractivity contribution in [3.63, 3.8) is 0 Å². The van der Waals surface area contributed by atoms with Crippen LogP contribution < -0.4 is 14.9 Å². The number of carbonyl (C=O) groups is 1. The van der Waals surface area contributed by atoms with Crippen molar-refractivity contribution in [2.45, 2.75) is 0 Å². The predicted molar refractivity (Wildman–Crippen MR) is 105 cm³/mol. The fourth-order valence-electron chi connectivity index (χ4n) is 2.50. The zero-order chi connectivity index (χ0) is 19.2. The van der Waals surface area contributed by atoms with Crippen molar-refractivity contribution in [2.75, 3.05) is 14.2 Å². The summed E-state index contributed by atoms with van der Waals surface area (Å²) in [5, 5.41) is 4.72. The van der Waals surface area contributed by atoms with Crippen molar-refractivity contribution in [1.29, 1.82) is 0 Å². The maximum absolute atomic E-state index is 12.3. The quantitative estimate of drug-likeness (QED) is 0.518. The summed E-state index contributed by atoms with van der Waals surface area (Å²) in [5.74, 6) is 0.688. The van der Waals surface area contributed by atoms with Gasteiger partial charge in [0.1, 0.15) is 11.5 Å². The van der Waals surface area contributed by atoms with E-state index in [2.05, 4.69) is 10.5 Å². The summed E-state index contributed by atoms with van der Waals surface area (Å²) in [6.07, 6.45) is 3.48. The van der Waals surface area contributed by atoms with E-state index in [9.17, 15) is 4.79 Å². The maximum Gasteiger partial charge on any atom is 0.271 e. The second-order valence-corrected chi connectivity index (χ2v) is 6.02. The van der Waals surface area contributed by atoms with Gasteiger partial charge < -0.3 is 14.0 Å². The van der Waals surface area contributed by atoms with Crippen LogP contribution in [0.3, 0.4) is 0 Å². The Kier molecular flexibility index (Phi) is 5.78. The molecule has 0 unspecified atom stereocenters. The average molecular weight is 384 g/mol. The zero-order valence-corrected chi connectivity index (χ0v) is 15.6. The summed E-state index contributed by atoms with van der Waals surface area (Å²) in [7, 11) is 3.05. The fraction of sp³-hybridized carbons (Fsp3) is 0.100. The van der Waals surface area contributed by atoms with E-state index >= 15 is 0 Å². The highest BCUT2D eigenvalue weighted by Gasteiger charge is 2.09. The number of carbonyl (C=O) groups excluding carboxylic acids is 1. The van der Waals surface area contributed by atoms with Crippen LogP contribution in [0.5, 0.6) is 11.5 Å². The molecule has 0 atom stereocenters. The van der Waals surface area contributed by atoms with E-state index in [0.717, 1.165) is 11.4 Å². The number of rotatable bonds is 6. The molecule has 0 saturated carbocycles. The largest absolute Gasteiger partial charge is 0.497 e. The summed E-state index contributed by atoms with van der Waals surface area (Å²) in [6.45, 7) is 0. The van der Waals surface area contributed by atoms with E-state index in [1.165, 1.54) is 14.2 Å². The van der Waals surface area contributed by atoms with E-state index in [0.29, 0.717) is 22.1 Å². The van der Waals surface area contributed by atoms with Crippen LogP contribution in [0.4, 0.5) is 0 Å². The lowest BCUT2D eigenvalue weighted by atomic mass is 10.2. The van der Waals surface area contributed by atoms with Crippen molar-refractivity contribution in [1.82, 2.24) is 9.99 Å². The second-order valence-electron chi connectivity index (χ2n) is 5.58. The molecule has 3 rings (SSSR count). The van der Waals surface area contributed by atoms with Gasteiger partial charge in [0.25, 0.3) is 5.91 Å². The van der Waals surface area contributed by atoms with Crippen LogP contribution in [0.15, 0.2) is 65.9 Å². The SMILES string of the molecule is COc1cc(OC)cc(C(=O)N/N=C\c2cccn2-c2ccc(Cl)cc2)c1. The third kappa shape index (κ3) is 4.48. The van der Waals surface area contributed by atoms with E-state index in [4.69, 9.17) is 21.1 Å². The van der Waals surface area contributed by atoms with E-state index in [1.54, 1.807) is 24.4 Å². The number of benzene rings is 2. The Labute approximate surface area is 162 Å². The highest BCUT2D eigenvalue weighted by Crippen LogP contribution is 2.22. The molecule has 1 heterocycles. The number of hydrazone groups is 1. The number of aromatic nitrogens is 1. The van der Waals surface area contributed by atoms with E-state index in [-0.39, 0.29) is 5.91 Å². The number of amides is 1. The fourth-order valence-corrected chi connectivity index (χ4v) is 2.62. The number of nitrogens with one attached hydrogen (secondary N) is 1. The first-order valence-electron chi connectivity index (χ1n) is 8.10. The van der Waals surface area contributed by atoms with E-state index < -0.39 is 0 Å². The number of hydrogen-bond acceptors (Lipinski definition) is 4. The Morgan fingerprint density at radius 1 is 1.07 bits per heavy atom. The van der Waals surface area contributed by atoms with Crippen molar-refractivity contribution in [2.24, 2.45) is 5.10 Å². The van der Waals surface area contributed by atoms with Crippen LogP contribution in [0, 0.1) is 0 Å². The van der Waals surface area contributed by atoms with Crippen LogP contribution in [-0.4, -0.2) is 30.9 Å². The smallest absolute Gasteiger partial charge is 0.271 e. The molecule has 0 saturated heterocycles. The summed E-state index contributed by atoms with van der Waals surface area (Å²) >= 11 is 5.93. The lowest BCUT2D eigenvalue weighted by Gasteiger charge is -2.08. The normalized spacial score (nSPS) is 10.8. The topological polar surface area (TPSA) is 64.8 Å². The highest BCUT2D eigenvalue weighted by molar-refractivity contribution is 6.30. The number of ether oxygens (including phenoxy) is 2. The lowest BCUT2D eigenvalue weighted by Crippen LogP contribution is -2.18. The standard InChI is InChI=1S/C20H18ClN3O3/c1-26-18-10-14(11-19(12-18)27-2)20(25)23-22-13-17-4-3-9-24(17)16-7-5-15(21)6-8-16/h3-13H,1-2H3,(H,23,25)/b22-13-. The zero-order valence-electron chi connectivity index (χ0n) is 14.8. The third-order valence-corrected chi connectivity index (χ3v) is 4.11.